The van der Waals surface area contributed by atoms with Crippen molar-refractivity contribution in [3.05, 3.63) is 89.5 Å². The smallest absolute Gasteiger partial charge is 0.338 e. The Morgan fingerprint density at radius 2 is 1.81 bits per heavy atom. The van der Waals surface area contributed by atoms with Crippen molar-refractivity contribution >= 4 is 28.6 Å². The zero-order valence-electron chi connectivity index (χ0n) is 26.4. The number of amides is 2. The van der Waals surface area contributed by atoms with Gasteiger partial charge in [-0.3, -0.25) is 24.2 Å². The van der Waals surface area contributed by atoms with Gasteiger partial charge in [0.05, 0.1) is 23.0 Å². The van der Waals surface area contributed by atoms with Gasteiger partial charge in [0.2, 0.25) is 5.91 Å². The highest BCUT2D eigenvalue weighted by Crippen LogP contribution is 2.37. The lowest BCUT2D eigenvalue weighted by molar-refractivity contribution is -0.129. The van der Waals surface area contributed by atoms with Crippen molar-refractivity contribution < 1.29 is 24.2 Å². The summed E-state index contributed by atoms with van der Waals surface area (Å²) in [6.07, 6.45) is 8.92. The highest BCUT2D eigenvalue weighted by Gasteiger charge is 2.30. The Morgan fingerprint density at radius 1 is 1.00 bits per heavy atom. The van der Waals surface area contributed by atoms with E-state index in [2.05, 4.69) is 31.0 Å². The molecule has 5 aromatic rings. The number of carbonyl (C=O) groups excluding carboxylic acids is 2. The highest BCUT2D eigenvalue weighted by molar-refractivity contribution is 5.98. The van der Waals surface area contributed by atoms with Crippen molar-refractivity contribution in [3.63, 3.8) is 0 Å². The Morgan fingerprint density at radius 3 is 2.54 bits per heavy atom. The number of benzene rings is 1. The van der Waals surface area contributed by atoms with E-state index in [0.29, 0.717) is 25.3 Å². The second-order valence-corrected chi connectivity index (χ2v) is 12.0. The highest BCUT2D eigenvalue weighted by atomic mass is 16.5. The predicted molar refractivity (Wildman–Crippen MR) is 175 cm³/mol. The summed E-state index contributed by atoms with van der Waals surface area (Å²) in [7, 11) is 0. The summed E-state index contributed by atoms with van der Waals surface area (Å²) >= 11 is 0. The lowest BCUT2D eigenvalue weighted by Crippen LogP contribution is -2.35. The number of nitrogens with one attached hydrogen (secondary N) is 1. The van der Waals surface area contributed by atoms with Gasteiger partial charge in [-0.25, -0.2) is 14.8 Å². The van der Waals surface area contributed by atoms with E-state index in [1.807, 2.05) is 35.4 Å². The van der Waals surface area contributed by atoms with E-state index in [-0.39, 0.29) is 35.7 Å². The number of carboxylic acids is 1. The first-order valence-corrected chi connectivity index (χ1v) is 16.0. The topological polar surface area (TPSA) is 165 Å². The molecule has 13 heteroatoms. The molecule has 48 heavy (non-hydrogen) atoms. The molecule has 0 unspecified atom stereocenters. The number of aromatic nitrogens is 6. The summed E-state index contributed by atoms with van der Waals surface area (Å²) in [5.74, 6) is -0.943. The summed E-state index contributed by atoms with van der Waals surface area (Å²) in [6.45, 7) is 4.55. The van der Waals surface area contributed by atoms with Crippen molar-refractivity contribution in [1.29, 1.82) is 0 Å². The summed E-state index contributed by atoms with van der Waals surface area (Å²) in [5, 5.41) is 18.9. The van der Waals surface area contributed by atoms with Gasteiger partial charge in [0, 0.05) is 105 Å². The van der Waals surface area contributed by atoms with Gasteiger partial charge < -0.3 is 20.1 Å². The van der Waals surface area contributed by atoms with Crippen LogP contribution in [0.25, 0.3) is 33.3 Å². The van der Waals surface area contributed by atoms with E-state index in [0.717, 1.165) is 71.3 Å². The van der Waals surface area contributed by atoms with E-state index >= 15 is 0 Å². The van der Waals surface area contributed by atoms with Crippen LogP contribution in [0.3, 0.4) is 0 Å². The number of hydrogen-bond acceptors (Lipinski definition) is 9. The first-order chi connectivity index (χ1) is 23.4. The number of carboxylic acid groups (broad SMARTS) is 1. The molecule has 0 aliphatic carbocycles. The maximum absolute atomic E-state index is 12.7. The van der Waals surface area contributed by atoms with Crippen LogP contribution in [0.15, 0.2) is 61.2 Å². The van der Waals surface area contributed by atoms with Crippen molar-refractivity contribution in [2.75, 3.05) is 26.3 Å². The normalized spacial score (nSPS) is 14.9. The Kier molecular flexibility index (Phi) is 8.59. The molecule has 2 N–H and O–H groups in total. The van der Waals surface area contributed by atoms with Crippen molar-refractivity contribution in [2.45, 2.75) is 45.2 Å². The summed E-state index contributed by atoms with van der Waals surface area (Å²) < 4.78 is 7.82. The van der Waals surface area contributed by atoms with Crippen LogP contribution in [0.1, 0.15) is 63.7 Å². The minimum atomic E-state index is -1.09. The SMILES string of the molecule is CC(=O)N1CCc2c(c(-c3cccc4cc(-c5ccc(C(=O)NCCc6ncc(C(=O)O)cn6)nc5)ncc34)nn2C2CCOCC2)C1. The number of pyridine rings is 2. The fourth-order valence-electron chi connectivity index (χ4n) is 6.35. The lowest BCUT2D eigenvalue weighted by atomic mass is 9.96. The number of carbonyl (C=O) groups is 3. The second-order valence-electron chi connectivity index (χ2n) is 12.0. The third kappa shape index (κ3) is 6.24. The Hall–Kier alpha value is -5.56. The standard InChI is InChI=1S/C35H34N8O5/c1-21(44)42-12-8-31-28(20-42)33(41-43(31)25-9-13-48-14-10-25)26-4-2-3-22-15-30(38-19-27(22)26)23-5-6-29(37-16-23)34(45)36-11-7-32-39-17-24(18-40-32)35(46)47/h2-6,15-19,25H,7-14,20H2,1H3,(H,36,45)(H,46,47). The third-order valence-electron chi connectivity index (χ3n) is 8.97. The number of fused-ring (bicyclic) bond motifs is 2. The molecular formula is C35H34N8O5. The van der Waals surface area contributed by atoms with Gasteiger partial charge in [0.25, 0.3) is 5.91 Å². The van der Waals surface area contributed by atoms with E-state index in [4.69, 9.17) is 19.9 Å². The Labute approximate surface area is 276 Å². The average Bonchev–Trinajstić information content (AvgIpc) is 3.50. The summed E-state index contributed by atoms with van der Waals surface area (Å²) in [4.78, 5) is 55.1. The molecule has 244 valence electrons. The average molecular weight is 647 g/mol. The van der Waals surface area contributed by atoms with E-state index in [1.54, 1.807) is 19.2 Å². The van der Waals surface area contributed by atoms with Crippen LogP contribution in [0.5, 0.6) is 0 Å². The van der Waals surface area contributed by atoms with Crippen molar-refractivity contribution in [3.8, 4) is 22.5 Å². The molecule has 6 heterocycles. The molecule has 1 aromatic carbocycles. The van der Waals surface area contributed by atoms with Crippen LogP contribution >= 0.6 is 0 Å². The molecule has 0 bridgehead atoms. The van der Waals surface area contributed by atoms with Gasteiger partial charge in [-0.1, -0.05) is 18.2 Å². The van der Waals surface area contributed by atoms with Crippen molar-refractivity contribution in [2.24, 2.45) is 0 Å². The second kappa shape index (κ2) is 13.3. The molecule has 7 rings (SSSR count). The Bertz CT molecular complexity index is 2000. The third-order valence-corrected chi connectivity index (χ3v) is 8.97. The Balaban J connectivity index is 1.10. The molecule has 0 atom stereocenters. The molecular weight excluding hydrogens is 612 g/mol. The molecule has 4 aromatic heterocycles. The quantitative estimate of drug-likeness (QED) is 0.253. The van der Waals surface area contributed by atoms with Gasteiger partial charge in [-0.15, -0.1) is 0 Å². The molecule has 1 fully saturated rings. The van der Waals surface area contributed by atoms with E-state index in [1.165, 1.54) is 18.1 Å². The monoisotopic (exact) mass is 646 g/mol. The first kappa shape index (κ1) is 31.1. The molecule has 1 saturated heterocycles. The fraction of sp³-hybridized carbons (Fsp3) is 0.314. The van der Waals surface area contributed by atoms with Gasteiger partial charge in [0.1, 0.15) is 11.5 Å². The van der Waals surface area contributed by atoms with Crippen molar-refractivity contribution in [1.82, 2.24) is 39.9 Å². The van der Waals surface area contributed by atoms with Crippen LogP contribution in [-0.4, -0.2) is 83.8 Å². The first-order valence-electron chi connectivity index (χ1n) is 16.0. The lowest BCUT2D eigenvalue weighted by Gasteiger charge is -2.29. The number of nitrogens with zero attached hydrogens (tertiary/aromatic N) is 7. The molecule has 0 spiro atoms. The van der Waals surface area contributed by atoms with Crippen LogP contribution in [0.4, 0.5) is 0 Å². The summed E-state index contributed by atoms with van der Waals surface area (Å²) in [5.41, 5.74) is 5.93. The number of hydrogen-bond donors (Lipinski definition) is 2. The number of aromatic carboxylic acids is 1. The van der Waals surface area contributed by atoms with Gasteiger partial charge >= 0.3 is 5.97 Å². The predicted octanol–water partition coefficient (Wildman–Crippen LogP) is 3.88. The zero-order valence-corrected chi connectivity index (χ0v) is 26.4. The number of ether oxygens (including phenoxy) is 1. The molecule has 2 aliphatic rings. The minimum absolute atomic E-state index is 0.00647. The molecule has 2 amide bonds. The van der Waals surface area contributed by atoms with Crippen LogP contribution in [0, 0.1) is 0 Å². The van der Waals surface area contributed by atoms with Crippen LogP contribution < -0.4 is 5.32 Å². The summed E-state index contributed by atoms with van der Waals surface area (Å²) in [6, 6.07) is 11.9. The van der Waals surface area contributed by atoms with Gasteiger partial charge in [0.15, 0.2) is 0 Å². The van der Waals surface area contributed by atoms with Gasteiger partial charge in [-0.2, -0.15) is 5.10 Å². The van der Waals surface area contributed by atoms with E-state index < -0.39 is 5.97 Å². The van der Waals surface area contributed by atoms with Crippen LogP contribution in [0.2, 0.25) is 0 Å². The van der Waals surface area contributed by atoms with Gasteiger partial charge in [-0.05, 0) is 36.4 Å². The van der Waals surface area contributed by atoms with Crippen LogP contribution in [-0.2, 0) is 28.9 Å². The molecule has 13 nitrogen and oxygen atoms in total. The van der Waals surface area contributed by atoms with E-state index in [9.17, 15) is 14.4 Å². The minimum Gasteiger partial charge on any atom is -0.478 e. The molecule has 2 aliphatic heterocycles. The molecule has 0 saturated carbocycles. The number of rotatable bonds is 8. The fourth-order valence-corrected chi connectivity index (χ4v) is 6.35. The maximum Gasteiger partial charge on any atom is 0.338 e. The largest absolute Gasteiger partial charge is 0.478 e. The maximum atomic E-state index is 12.7. The zero-order chi connectivity index (χ0) is 33.2. The molecule has 0 radical (unpaired) electrons.